The molecule has 1 aromatic heterocycles. The van der Waals surface area contributed by atoms with Crippen molar-refractivity contribution in [3.63, 3.8) is 0 Å². The van der Waals surface area contributed by atoms with Crippen molar-refractivity contribution in [3.8, 4) is 0 Å². The first-order valence-electron chi connectivity index (χ1n) is 5.64. The summed E-state index contributed by atoms with van der Waals surface area (Å²) in [4.78, 5) is 4.28. The molecule has 0 bridgehead atoms. The van der Waals surface area contributed by atoms with E-state index >= 15 is 0 Å². The Hall–Kier alpha value is -1.74. The number of benzene rings is 1. The molecule has 0 saturated carbocycles. The highest BCUT2D eigenvalue weighted by Crippen LogP contribution is 2.09. The predicted octanol–water partition coefficient (Wildman–Crippen LogP) is 3.07. The molecule has 0 aliphatic carbocycles. The molecule has 3 heteroatoms. The van der Waals surface area contributed by atoms with Gasteiger partial charge in [0.05, 0.1) is 5.69 Å². The normalized spacial score (nSPS) is 12.4. The van der Waals surface area contributed by atoms with E-state index < -0.39 is 0 Å². The van der Waals surface area contributed by atoms with Crippen LogP contribution in [-0.4, -0.2) is 4.98 Å². The summed E-state index contributed by atoms with van der Waals surface area (Å²) in [6.45, 7) is 2.77. The van der Waals surface area contributed by atoms with Gasteiger partial charge in [0.2, 0.25) is 0 Å². The van der Waals surface area contributed by atoms with Crippen LogP contribution in [0, 0.1) is 5.82 Å². The van der Waals surface area contributed by atoms with E-state index in [9.17, 15) is 4.39 Å². The molecule has 0 spiro atoms. The third-order valence-electron chi connectivity index (χ3n) is 2.66. The number of hydrogen-bond acceptors (Lipinski definition) is 2. The number of pyridine rings is 1. The Kier molecular flexibility index (Phi) is 3.83. The van der Waals surface area contributed by atoms with E-state index in [1.54, 1.807) is 18.3 Å². The van der Waals surface area contributed by atoms with Crippen LogP contribution in [0.4, 0.5) is 4.39 Å². The number of hydrogen-bond donors (Lipinski definition) is 1. The topological polar surface area (TPSA) is 24.9 Å². The standard InChI is InChI=1S/C14H15FN2/c1-11(14-4-2-3-9-16-14)17-10-12-5-7-13(15)8-6-12/h2-9,11,17H,10H2,1H3. The van der Waals surface area contributed by atoms with Gasteiger partial charge in [0, 0.05) is 18.8 Å². The maximum Gasteiger partial charge on any atom is 0.123 e. The van der Waals surface area contributed by atoms with Crippen LogP contribution in [0.15, 0.2) is 48.7 Å². The number of nitrogens with zero attached hydrogens (tertiary/aromatic N) is 1. The van der Waals surface area contributed by atoms with E-state index in [0.717, 1.165) is 11.3 Å². The summed E-state index contributed by atoms with van der Waals surface area (Å²) in [6, 6.07) is 12.6. The SMILES string of the molecule is CC(NCc1ccc(F)cc1)c1ccccn1. The van der Waals surface area contributed by atoms with Crippen LogP contribution in [0.5, 0.6) is 0 Å². The van der Waals surface area contributed by atoms with E-state index in [2.05, 4.69) is 17.2 Å². The van der Waals surface area contributed by atoms with Crippen molar-refractivity contribution in [2.45, 2.75) is 19.5 Å². The summed E-state index contributed by atoms with van der Waals surface area (Å²) in [5.74, 6) is -0.202. The van der Waals surface area contributed by atoms with Gasteiger partial charge >= 0.3 is 0 Å². The van der Waals surface area contributed by atoms with Crippen LogP contribution >= 0.6 is 0 Å². The van der Waals surface area contributed by atoms with Gasteiger partial charge in [-0.3, -0.25) is 4.98 Å². The van der Waals surface area contributed by atoms with Gasteiger partial charge in [0.15, 0.2) is 0 Å². The molecule has 2 nitrogen and oxygen atoms in total. The minimum atomic E-state index is -0.202. The van der Waals surface area contributed by atoms with E-state index in [0.29, 0.717) is 6.54 Å². The highest BCUT2D eigenvalue weighted by atomic mass is 19.1. The lowest BCUT2D eigenvalue weighted by Crippen LogP contribution is -2.18. The molecule has 0 saturated heterocycles. The van der Waals surface area contributed by atoms with Gasteiger partial charge in [-0.15, -0.1) is 0 Å². The largest absolute Gasteiger partial charge is 0.305 e. The van der Waals surface area contributed by atoms with Crippen molar-refractivity contribution < 1.29 is 4.39 Å². The van der Waals surface area contributed by atoms with Crippen molar-refractivity contribution in [2.75, 3.05) is 0 Å². The lowest BCUT2D eigenvalue weighted by Gasteiger charge is -2.13. The summed E-state index contributed by atoms with van der Waals surface area (Å²) >= 11 is 0. The minimum Gasteiger partial charge on any atom is -0.305 e. The second-order valence-corrected chi connectivity index (χ2v) is 3.98. The average Bonchev–Trinajstić information content (AvgIpc) is 2.39. The van der Waals surface area contributed by atoms with Crippen LogP contribution in [0.3, 0.4) is 0 Å². The second kappa shape index (κ2) is 5.55. The molecule has 88 valence electrons. The van der Waals surface area contributed by atoms with Crippen LogP contribution in [0.2, 0.25) is 0 Å². The maximum absolute atomic E-state index is 12.7. The Morgan fingerprint density at radius 1 is 1.18 bits per heavy atom. The summed E-state index contributed by atoms with van der Waals surface area (Å²) < 4.78 is 12.7. The molecule has 0 amide bonds. The third kappa shape index (κ3) is 3.36. The maximum atomic E-state index is 12.7. The molecule has 1 atom stereocenters. The van der Waals surface area contributed by atoms with Gasteiger partial charge in [0.1, 0.15) is 5.82 Å². The Morgan fingerprint density at radius 2 is 1.94 bits per heavy atom. The molecular weight excluding hydrogens is 215 g/mol. The fourth-order valence-electron chi connectivity index (χ4n) is 1.61. The molecule has 2 rings (SSSR count). The van der Waals surface area contributed by atoms with Gasteiger partial charge in [-0.25, -0.2) is 4.39 Å². The number of aromatic nitrogens is 1. The zero-order valence-electron chi connectivity index (χ0n) is 9.73. The Bertz CT molecular complexity index is 453. The van der Waals surface area contributed by atoms with Crippen LogP contribution in [0.1, 0.15) is 24.2 Å². The van der Waals surface area contributed by atoms with Crippen LogP contribution < -0.4 is 5.32 Å². The van der Waals surface area contributed by atoms with Crippen molar-refractivity contribution in [2.24, 2.45) is 0 Å². The zero-order valence-corrected chi connectivity index (χ0v) is 9.73. The molecule has 0 radical (unpaired) electrons. The van der Waals surface area contributed by atoms with Gasteiger partial charge in [0.25, 0.3) is 0 Å². The predicted molar refractivity (Wildman–Crippen MR) is 65.9 cm³/mol. The first kappa shape index (κ1) is 11.7. The third-order valence-corrected chi connectivity index (χ3v) is 2.66. The molecule has 0 aliphatic rings. The molecule has 2 aromatic rings. The summed E-state index contributed by atoms with van der Waals surface area (Å²) in [6.07, 6.45) is 1.78. The molecule has 1 heterocycles. The number of rotatable bonds is 4. The average molecular weight is 230 g/mol. The first-order chi connectivity index (χ1) is 8.25. The quantitative estimate of drug-likeness (QED) is 0.873. The zero-order chi connectivity index (χ0) is 12.1. The number of halogens is 1. The molecule has 1 unspecified atom stereocenters. The van der Waals surface area contributed by atoms with E-state index in [-0.39, 0.29) is 11.9 Å². The van der Waals surface area contributed by atoms with Gasteiger partial charge in [-0.05, 0) is 36.8 Å². The molecule has 1 aromatic carbocycles. The summed E-state index contributed by atoms with van der Waals surface area (Å²) in [5.41, 5.74) is 2.07. The molecular formula is C14H15FN2. The smallest absolute Gasteiger partial charge is 0.123 e. The minimum absolute atomic E-state index is 0.182. The van der Waals surface area contributed by atoms with E-state index in [1.807, 2.05) is 18.2 Å². The molecule has 0 aliphatic heterocycles. The van der Waals surface area contributed by atoms with Crippen molar-refractivity contribution in [1.29, 1.82) is 0 Å². The summed E-state index contributed by atoms with van der Waals surface area (Å²) in [5, 5.41) is 3.35. The highest BCUT2D eigenvalue weighted by Gasteiger charge is 2.04. The van der Waals surface area contributed by atoms with E-state index in [1.165, 1.54) is 12.1 Å². The second-order valence-electron chi connectivity index (χ2n) is 3.98. The van der Waals surface area contributed by atoms with Crippen LogP contribution in [0.25, 0.3) is 0 Å². The highest BCUT2D eigenvalue weighted by molar-refractivity contribution is 5.16. The van der Waals surface area contributed by atoms with Crippen molar-refractivity contribution in [3.05, 3.63) is 65.7 Å². The van der Waals surface area contributed by atoms with Gasteiger partial charge < -0.3 is 5.32 Å². The lowest BCUT2D eigenvalue weighted by molar-refractivity contribution is 0.560. The molecule has 17 heavy (non-hydrogen) atoms. The first-order valence-corrected chi connectivity index (χ1v) is 5.64. The van der Waals surface area contributed by atoms with E-state index in [4.69, 9.17) is 0 Å². The van der Waals surface area contributed by atoms with Crippen molar-refractivity contribution >= 4 is 0 Å². The van der Waals surface area contributed by atoms with Crippen molar-refractivity contribution in [1.82, 2.24) is 10.3 Å². The van der Waals surface area contributed by atoms with Gasteiger partial charge in [-0.1, -0.05) is 18.2 Å². The molecule has 1 N–H and O–H groups in total. The fraction of sp³-hybridized carbons (Fsp3) is 0.214. The van der Waals surface area contributed by atoms with Gasteiger partial charge in [-0.2, -0.15) is 0 Å². The Labute approximate surface area is 101 Å². The lowest BCUT2D eigenvalue weighted by atomic mass is 10.2. The molecule has 0 fully saturated rings. The fourth-order valence-corrected chi connectivity index (χ4v) is 1.61. The Morgan fingerprint density at radius 3 is 2.59 bits per heavy atom. The number of nitrogens with one attached hydrogen (secondary N) is 1. The summed E-state index contributed by atoms with van der Waals surface area (Å²) in [7, 11) is 0. The monoisotopic (exact) mass is 230 g/mol. The van der Waals surface area contributed by atoms with Crippen LogP contribution in [-0.2, 0) is 6.54 Å². The Balaban J connectivity index is 1.92.